The number of carbonyl (C=O) groups excluding carboxylic acids is 2. The topological polar surface area (TPSA) is 79.5 Å². The zero-order valence-electron chi connectivity index (χ0n) is 14.8. The van der Waals surface area contributed by atoms with Crippen LogP contribution in [0.25, 0.3) is 0 Å². The SMILES string of the molecule is CNCCNC(=O)C(NC(=O)c1ccc(OC)cc1)c1ccccc1.Cl. The summed E-state index contributed by atoms with van der Waals surface area (Å²) in [6, 6.07) is 15.2. The molecule has 0 saturated carbocycles. The molecule has 1 atom stereocenters. The van der Waals surface area contributed by atoms with Gasteiger partial charge in [-0.05, 0) is 36.9 Å². The van der Waals surface area contributed by atoms with Crippen LogP contribution in [0.2, 0.25) is 0 Å². The number of amides is 2. The Hall–Kier alpha value is -2.57. The summed E-state index contributed by atoms with van der Waals surface area (Å²) in [5, 5.41) is 8.59. The zero-order valence-corrected chi connectivity index (χ0v) is 15.6. The van der Waals surface area contributed by atoms with Gasteiger partial charge in [-0.15, -0.1) is 12.4 Å². The number of hydrogen-bond donors (Lipinski definition) is 3. The number of benzene rings is 2. The van der Waals surface area contributed by atoms with Crippen LogP contribution in [0.3, 0.4) is 0 Å². The number of hydrogen-bond acceptors (Lipinski definition) is 4. The second-order valence-electron chi connectivity index (χ2n) is 5.44. The monoisotopic (exact) mass is 377 g/mol. The summed E-state index contributed by atoms with van der Waals surface area (Å²) in [7, 11) is 3.38. The Morgan fingerprint density at radius 3 is 2.23 bits per heavy atom. The van der Waals surface area contributed by atoms with E-state index in [1.807, 2.05) is 37.4 Å². The van der Waals surface area contributed by atoms with Crippen LogP contribution < -0.4 is 20.7 Å². The molecule has 1 unspecified atom stereocenters. The smallest absolute Gasteiger partial charge is 0.252 e. The highest BCUT2D eigenvalue weighted by Crippen LogP contribution is 2.16. The molecule has 0 radical (unpaired) electrons. The molecule has 0 saturated heterocycles. The van der Waals surface area contributed by atoms with E-state index in [4.69, 9.17) is 4.74 Å². The number of carbonyl (C=O) groups is 2. The third kappa shape index (κ3) is 6.06. The molecule has 0 heterocycles. The highest BCUT2D eigenvalue weighted by Gasteiger charge is 2.22. The molecule has 0 aliphatic heterocycles. The first-order chi connectivity index (χ1) is 12.2. The van der Waals surface area contributed by atoms with Crippen LogP contribution in [0.1, 0.15) is 22.0 Å². The van der Waals surface area contributed by atoms with Gasteiger partial charge in [-0.25, -0.2) is 0 Å². The van der Waals surface area contributed by atoms with Crippen LogP contribution in [-0.4, -0.2) is 39.1 Å². The van der Waals surface area contributed by atoms with E-state index in [-0.39, 0.29) is 24.2 Å². The highest BCUT2D eigenvalue weighted by atomic mass is 35.5. The molecule has 6 nitrogen and oxygen atoms in total. The maximum Gasteiger partial charge on any atom is 0.252 e. The van der Waals surface area contributed by atoms with Crippen molar-refractivity contribution in [2.24, 2.45) is 0 Å². The van der Waals surface area contributed by atoms with Gasteiger partial charge in [-0.3, -0.25) is 9.59 Å². The first-order valence-corrected chi connectivity index (χ1v) is 8.08. The Labute approximate surface area is 159 Å². The first-order valence-electron chi connectivity index (χ1n) is 8.08. The van der Waals surface area contributed by atoms with Crippen molar-refractivity contribution in [2.45, 2.75) is 6.04 Å². The van der Waals surface area contributed by atoms with Gasteiger partial charge in [-0.1, -0.05) is 30.3 Å². The lowest BCUT2D eigenvalue weighted by Crippen LogP contribution is -2.42. The average molecular weight is 378 g/mol. The van der Waals surface area contributed by atoms with Crippen LogP contribution >= 0.6 is 12.4 Å². The summed E-state index contributed by atoms with van der Waals surface area (Å²) in [5.74, 6) is 0.101. The number of likely N-dealkylation sites (N-methyl/N-ethyl adjacent to an activating group) is 1. The van der Waals surface area contributed by atoms with Gasteiger partial charge in [0.15, 0.2) is 0 Å². The standard InChI is InChI=1S/C19H23N3O3.ClH/c1-20-12-13-21-19(24)17(14-6-4-3-5-7-14)22-18(23)15-8-10-16(25-2)11-9-15;/h3-11,17,20H,12-13H2,1-2H3,(H,21,24)(H,22,23);1H. The molecule has 2 aromatic rings. The van der Waals surface area contributed by atoms with E-state index in [2.05, 4.69) is 16.0 Å². The molecule has 0 aromatic heterocycles. The summed E-state index contributed by atoms with van der Waals surface area (Å²) < 4.78 is 5.09. The van der Waals surface area contributed by atoms with Gasteiger partial charge in [0.1, 0.15) is 11.8 Å². The molecule has 140 valence electrons. The van der Waals surface area contributed by atoms with E-state index in [0.717, 1.165) is 5.56 Å². The molecule has 26 heavy (non-hydrogen) atoms. The van der Waals surface area contributed by atoms with E-state index in [0.29, 0.717) is 24.4 Å². The predicted molar refractivity (Wildman–Crippen MR) is 104 cm³/mol. The van der Waals surface area contributed by atoms with Crippen LogP contribution in [0, 0.1) is 0 Å². The molecular weight excluding hydrogens is 354 g/mol. The Kier molecular flexibility index (Phi) is 9.19. The normalized spacial score (nSPS) is 11.0. The summed E-state index contributed by atoms with van der Waals surface area (Å²) in [6.07, 6.45) is 0. The fourth-order valence-electron chi connectivity index (χ4n) is 2.32. The lowest BCUT2D eigenvalue weighted by atomic mass is 10.1. The number of methoxy groups -OCH3 is 1. The van der Waals surface area contributed by atoms with Gasteiger partial charge >= 0.3 is 0 Å². The Bertz CT molecular complexity index is 693. The number of nitrogens with one attached hydrogen (secondary N) is 3. The van der Waals surface area contributed by atoms with Crippen molar-refractivity contribution in [3.8, 4) is 5.75 Å². The minimum atomic E-state index is -0.757. The minimum absolute atomic E-state index is 0. The molecule has 0 bridgehead atoms. The van der Waals surface area contributed by atoms with Crippen molar-refractivity contribution >= 4 is 24.2 Å². The molecule has 2 aromatic carbocycles. The van der Waals surface area contributed by atoms with Crippen LogP contribution in [0.15, 0.2) is 54.6 Å². The summed E-state index contributed by atoms with van der Waals surface area (Å²) in [4.78, 5) is 25.0. The van der Waals surface area contributed by atoms with Crippen LogP contribution in [-0.2, 0) is 4.79 Å². The molecule has 0 fully saturated rings. The Balaban J connectivity index is 0.00000338. The molecule has 7 heteroatoms. The first kappa shape index (κ1) is 21.5. The van der Waals surface area contributed by atoms with E-state index >= 15 is 0 Å². The quantitative estimate of drug-likeness (QED) is 0.614. The van der Waals surface area contributed by atoms with Crippen molar-refractivity contribution in [3.63, 3.8) is 0 Å². The van der Waals surface area contributed by atoms with Crippen molar-refractivity contribution in [1.82, 2.24) is 16.0 Å². The summed E-state index contributed by atoms with van der Waals surface area (Å²) in [6.45, 7) is 1.14. The number of ether oxygens (including phenoxy) is 1. The number of halogens is 1. The van der Waals surface area contributed by atoms with Gasteiger partial charge in [0.05, 0.1) is 7.11 Å². The lowest BCUT2D eigenvalue weighted by molar-refractivity contribution is -0.123. The molecule has 3 N–H and O–H groups in total. The molecular formula is C19H24ClN3O3. The third-order valence-corrected chi connectivity index (χ3v) is 3.70. The second kappa shape index (κ2) is 11.1. The fourth-order valence-corrected chi connectivity index (χ4v) is 2.32. The molecule has 0 aliphatic rings. The van der Waals surface area contributed by atoms with Gasteiger partial charge in [0, 0.05) is 18.7 Å². The third-order valence-electron chi connectivity index (χ3n) is 3.70. The molecule has 2 amide bonds. The summed E-state index contributed by atoms with van der Waals surface area (Å²) >= 11 is 0. The maximum absolute atomic E-state index is 12.5. The summed E-state index contributed by atoms with van der Waals surface area (Å²) in [5.41, 5.74) is 1.19. The van der Waals surface area contributed by atoms with Crippen molar-refractivity contribution in [2.75, 3.05) is 27.2 Å². The number of rotatable bonds is 8. The van der Waals surface area contributed by atoms with Gasteiger partial charge < -0.3 is 20.7 Å². The minimum Gasteiger partial charge on any atom is -0.497 e. The largest absolute Gasteiger partial charge is 0.497 e. The van der Waals surface area contributed by atoms with Gasteiger partial charge in [0.2, 0.25) is 5.91 Å². The molecule has 0 spiro atoms. The van der Waals surface area contributed by atoms with Crippen molar-refractivity contribution in [3.05, 3.63) is 65.7 Å². The van der Waals surface area contributed by atoms with E-state index in [1.54, 1.807) is 31.4 Å². The zero-order chi connectivity index (χ0) is 18.1. The van der Waals surface area contributed by atoms with Crippen molar-refractivity contribution in [1.29, 1.82) is 0 Å². The lowest BCUT2D eigenvalue weighted by Gasteiger charge is -2.19. The Morgan fingerprint density at radius 1 is 1.00 bits per heavy atom. The van der Waals surface area contributed by atoms with Crippen molar-refractivity contribution < 1.29 is 14.3 Å². The van der Waals surface area contributed by atoms with E-state index in [9.17, 15) is 9.59 Å². The van der Waals surface area contributed by atoms with E-state index in [1.165, 1.54) is 0 Å². The molecule has 0 aliphatic carbocycles. The predicted octanol–water partition coefficient (Wildman–Crippen LogP) is 1.92. The van der Waals surface area contributed by atoms with E-state index < -0.39 is 6.04 Å². The van der Waals surface area contributed by atoms with Crippen LogP contribution in [0.5, 0.6) is 5.75 Å². The molecule has 2 rings (SSSR count). The van der Waals surface area contributed by atoms with Gasteiger partial charge in [-0.2, -0.15) is 0 Å². The maximum atomic E-state index is 12.5. The highest BCUT2D eigenvalue weighted by molar-refractivity contribution is 5.98. The fraction of sp³-hybridized carbons (Fsp3) is 0.263. The second-order valence-corrected chi connectivity index (χ2v) is 5.44. The van der Waals surface area contributed by atoms with Gasteiger partial charge in [0.25, 0.3) is 5.91 Å². The Morgan fingerprint density at radius 2 is 1.65 bits per heavy atom. The average Bonchev–Trinajstić information content (AvgIpc) is 2.66. The van der Waals surface area contributed by atoms with Crippen LogP contribution in [0.4, 0.5) is 0 Å².